The van der Waals surface area contributed by atoms with Crippen LogP contribution < -0.4 is 5.32 Å². The standard InChI is InChI=1S/C13H9Br2N/c14-10-3-1-8-5-9-2-4-11(15)7-13(9)16-12(8)6-10/h1-4,6-7,16H,5H2. The second-order valence-corrected chi connectivity index (χ2v) is 5.74. The van der Waals surface area contributed by atoms with Crippen LogP contribution in [0.4, 0.5) is 11.4 Å². The highest BCUT2D eigenvalue weighted by Crippen LogP contribution is 2.35. The van der Waals surface area contributed by atoms with Gasteiger partial charge in [0.15, 0.2) is 0 Å². The van der Waals surface area contributed by atoms with Crippen LogP contribution in [0.2, 0.25) is 0 Å². The van der Waals surface area contributed by atoms with Crippen LogP contribution in [0.3, 0.4) is 0 Å². The minimum Gasteiger partial charge on any atom is -0.355 e. The van der Waals surface area contributed by atoms with Crippen LogP contribution in [0.15, 0.2) is 45.3 Å². The van der Waals surface area contributed by atoms with E-state index in [1.807, 2.05) is 0 Å². The van der Waals surface area contributed by atoms with E-state index in [-0.39, 0.29) is 0 Å². The third-order valence-corrected chi connectivity index (χ3v) is 3.78. The van der Waals surface area contributed by atoms with Gasteiger partial charge in [0.05, 0.1) is 0 Å². The summed E-state index contributed by atoms with van der Waals surface area (Å²) in [5.41, 5.74) is 5.08. The Morgan fingerprint density at radius 1 is 0.812 bits per heavy atom. The van der Waals surface area contributed by atoms with Gasteiger partial charge < -0.3 is 5.32 Å². The molecule has 2 aromatic rings. The monoisotopic (exact) mass is 337 g/mol. The molecule has 1 heterocycles. The molecule has 0 atom stereocenters. The average Bonchev–Trinajstić information content (AvgIpc) is 2.26. The van der Waals surface area contributed by atoms with E-state index in [1.54, 1.807) is 0 Å². The minimum atomic E-state index is 0.998. The summed E-state index contributed by atoms with van der Waals surface area (Å²) in [6.07, 6.45) is 0.998. The molecule has 1 nitrogen and oxygen atoms in total. The summed E-state index contributed by atoms with van der Waals surface area (Å²) in [4.78, 5) is 0. The van der Waals surface area contributed by atoms with E-state index in [2.05, 4.69) is 73.6 Å². The molecule has 0 amide bonds. The number of fused-ring (bicyclic) bond motifs is 2. The summed E-state index contributed by atoms with van der Waals surface area (Å²) < 4.78 is 2.22. The van der Waals surface area contributed by atoms with E-state index in [4.69, 9.17) is 0 Å². The first-order chi connectivity index (χ1) is 7.72. The lowest BCUT2D eigenvalue weighted by molar-refractivity contribution is 1.15. The van der Waals surface area contributed by atoms with Crippen LogP contribution in [0.1, 0.15) is 11.1 Å². The summed E-state index contributed by atoms with van der Waals surface area (Å²) in [5.74, 6) is 0. The molecule has 0 fully saturated rings. The first kappa shape index (κ1) is 10.4. The maximum atomic E-state index is 3.50. The summed E-state index contributed by atoms with van der Waals surface area (Å²) in [7, 11) is 0. The van der Waals surface area contributed by atoms with Gasteiger partial charge in [-0.1, -0.05) is 44.0 Å². The van der Waals surface area contributed by atoms with Crippen LogP contribution in [0.25, 0.3) is 0 Å². The molecule has 16 heavy (non-hydrogen) atoms. The third-order valence-electron chi connectivity index (χ3n) is 2.79. The summed E-state index contributed by atoms with van der Waals surface area (Å²) in [5, 5.41) is 3.46. The van der Waals surface area contributed by atoms with E-state index in [0.29, 0.717) is 0 Å². The van der Waals surface area contributed by atoms with Crippen molar-refractivity contribution in [3.63, 3.8) is 0 Å². The Kier molecular flexibility index (Phi) is 2.52. The smallest absolute Gasteiger partial charge is 0.0431 e. The number of anilines is 2. The van der Waals surface area contributed by atoms with Gasteiger partial charge in [0.1, 0.15) is 0 Å². The molecule has 1 aliphatic rings. The summed E-state index contributed by atoms with van der Waals surface area (Å²) >= 11 is 6.99. The number of rotatable bonds is 0. The quantitative estimate of drug-likeness (QED) is 0.617. The lowest BCUT2D eigenvalue weighted by Gasteiger charge is -2.21. The molecule has 0 spiro atoms. The molecule has 0 bridgehead atoms. The van der Waals surface area contributed by atoms with Gasteiger partial charge in [0, 0.05) is 26.7 Å². The highest BCUT2D eigenvalue weighted by molar-refractivity contribution is 9.10. The van der Waals surface area contributed by atoms with Crippen molar-refractivity contribution in [3.05, 3.63) is 56.5 Å². The fraction of sp³-hybridized carbons (Fsp3) is 0.0769. The third kappa shape index (κ3) is 1.78. The van der Waals surface area contributed by atoms with E-state index in [1.165, 1.54) is 22.5 Å². The molecule has 0 unspecified atom stereocenters. The number of nitrogens with one attached hydrogen (secondary N) is 1. The molecule has 3 heteroatoms. The van der Waals surface area contributed by atoms with Gasteiger partial charge in [-0.05, 0) is 35.4 Å². The Bertz CT molecular complexity index is 514. The topological polar surface area (TPSA) is 12.0 Å². The maximum absolute atomic E-state index is 3.50. The van der Waals surface area contributed by atoms with Crippen LogP contribution in [0, 0.1) is 0 Å². The molecule has 0 aliphatic carbocycles. The van der Waals surface area contributed by atoms with E-state index >= 15 is 0 Å². The number of hydrogen-bond donors (Lipinski definition) is 1. The predicted octanol–water partition coefficient (Wildman–Crippen LogP) is 4.86. The van der Waals surface area contributed by atoms with Crippen molar-refractivity contribution in [1.82, 2.24) is 0 Å². The van der Waals surface area contributed by atoms with E-state index < -0.39 is 0 Å². The van der Waals surface area contributed by atoms with Crippen molar-refractivity contribution < 1.29 is 0 Å². The molecule has 80 valence electrons. The Hall–Kier alpha value is -0.800. The van der Waals surface area contributed by atoms with E-state index in [9.17, 15) is 0 Å². The van der Waals surface area contributed by atoms with Crippen molar-refractivity contribution in [2.75, 3.05) is 5.32 Å². The zero-order valence-corrected chi connectivity index (χ0v) is 11.6. The molecule has 1 N–H and O–H groups in total. The maximum Gasteiger partial charge on any atom is 0.0431 e. The van der Waals surface area contributed by atoms with Crippen LogP contribution in [-0.2, 0) is 6.42 Å². The molecule has 2 aromatic carbocycles. The zero-order valence-electron chi connectivity index (χ0n) is 8.43. The largest absolute Gasteiger partial charge is 0.355 e. The molecule has 0 radical (unpaired) electrons. The normalized spacial score (nSPS) is 12.6. The molecular formula is C13H9Br2N. The van der Waals surface area contributed by atoms with Gasteiger partial charge in [-0.2, -0.15) is 0 Å². The van der Waals surface area contributed by atoms with Crippen molar-refractivity contribution in [2.45, 2.75) is 6.42 Å². The molecule has 0 saturated carbocycles. The average molecular weight is 339 g/mol. The highest BCUT2D eigenvalue weighted by Gasteiger charge is 2.14. The van der Waals surface area contributed by atoms with E-state index in [0.717, 1.165) is 15.4 Å². The minimum absolute atomic E-state index is 0.998. The Labute approximate surface area is 111 Å². The van der Waals surface area contributed by atoms with Crippen molar-refractivity contribution in [1.29, 1.82) is 0 Å². The number of benzene rings is 2. The van der Waals surface area contributed by atoms with Crippen LogP contribution in [0.5, 0.6) is 0 Å². The fourth-order valence-electron chi connectivity index (χ4n) is 1.99. The molecule has 3 rings (SSSR count). The molecule has 1 aliphatic heterocycles. The van der Waals surface area contributed by atoms with Gasteiger partial charge in [0.25, 0.3) is 0 Å². The summed E-state index contributed by atoms with van der Waals surface area (Å²) in [6, 6.07) is 12.8. The first-order valence-electron chi connectivity index (χ1n) is 5.06. The summed E-state index contributed by atoms with van der Waals surface area (Å²) in [6.45, 7) is 0. The lowest BCUT2D eigenvalue weighted by Crippen LogP contribution is -2.06. The van der Waals surface area contributed by atoms with Gasteiger partial charge in [-0.25, -0.2) is 0 Å². The predicted molar refractivity (Wildman–Crippen MR) is 74.4 cm³/mol. The Morgan fingerprint density at radius 2 is 1.31 bits per heavy atom. The number of halogens is 2. The SMILES string of the molecule is Brc1ccc2c(c1)Nc1cc(Br)ccc1C2. The van der Waals surface area contributed by atoms with Crippen LogP contribution in [-0.4, -0.2) is 0 Å². The molecule has 0 aromatic heterocycles. The molecular weight excluding hydrogens is 330 g/mol. The Morgan fingerprint density at radius 3 is 1.81 bits per heavy atom. The molecule has 0 saturated heterocycles. The second kappa shape index (κ2) is 3.90. The van der Waals surface area contributed by atoms with Gasteiger partial charge >= 0.3 is 0 Å². The van der Waals surface area contributed by atoms with Crippen molar-refractivity contribution in [3.8, 4) is 0 Å². The highest BCUT2D eigenvalue weighted by atomic mass is 79.9. The van der Waals surface area contributed by atoms with Crippen molar-refractivity contribution >= 4 is 43.2 Å². The van der Waals surface area contributed by atoms with Crippen LogP contribution >= 0.6 is 31.9 Å². The second-order valence-electron chi connectivity index (χ2n) is 3.90. The van der Waals surface area contributed by atoms with Crippen molar-refractivity contribution in [2.24, 2.45) is 0 Å². The van der Waals surface area contributed by atoms with Gasteiger partial charge in [-0.15, -0.1) is 0 Å². The fourth-order valence-corrected chi connectivity index (χ4v) is 2.71. The zero-order chi connectivity index (χ0) is 11.1. The van der Waals surface area contributed by atoms with Gasteiger partial charge in [0.2, 0.25) is 0 Å². The van der Waals surface area contributed by atoms with Gasteiger partial charge in [-0.3, -0.25) is 0 Å². The lowest BCUT2D eigenvalue weighted by atomic mass is 9.98. The number of hydrogen-bond acceptors (Lipinski definition) is 1. The Balaban J connectivity index is 2.10. The first-order valence-corrected chi connectivity index (χ1v) is 6.65.